The predicted molar refractivity (Wildman–Crippen MR) is 85.8 cm³/mol. The third-order valence-electron chi connectivity index (χ3n) is 4.64. The molecule has 1 N–H and O–H groups in total. The van der Waals surface area contributed by atoms with Crippen molar-refractivity contribution in [3.05, 3.63) is 24.3 Å². The monoisotopic (exact) mass is 332 g/mol. The van der Waals surface area contributed by atoms with Crippen LogP contribution >= 0.6 is 0 Å². The fourth-order valence-corrected chi connectivity index (χ4v) is 3.26. The normalized spacial score (nSPS) is 23.0. The van der Waals surface area contributed by atoms with Crippen LogP contribution < -0.4 is 9.64 Å². The summed E-state index contributed by atoms with van der Waals surface area (Å²) in [4.78, 5) is 38.8. The summed E-state index contributed by atoms with van der Waals surface area (Å²) in [6, 6.07) is 7.22. The molecule has 2 aliphatic rings. The van der Waals surface area contributed by atoms with Crippen LogP contribution in [0.5, 0.6) is 5.75 Å². The highest BCUT2D eigenvalue weighted by atomic mass is 16.5. The quantitative estimate of drug-likeness (QED) is 0.888. The van der Waals surface area contributed by atoms with Crippen LogP contribution in [0.3, 0.4) is 0 Å². The number of carboxylic acid groups (broad SMARTS) is 1. The van der Waals surface area contributed by atoms with Crippen molar-refractivity contribution >= 4 is 23.5 Å². The standard InChI is InChI=1S/C17H20N2O5/c1-11-8-18(9-12(11)17(22)23)15(20)6-7-19-13-4-2-3-5-14(13)24-10-16(19)21/h2-5,11-12H,6-10H2,1H3,(H,22,23)/t11-,12-/m1/s1. The fourth-order valence-electron chi connectivity index (χ4n) is 3.26. The molecule has 0 spiro atoms. The molecule has 0 unspecified atom stereocenters. The van der Waals surface area contributed by atoms with Gasteiger partial charge in [0.15, 0.2) is 6.61 Å². The second-order valence-electron chi connectivity index (χ2n) is 6.27. The number of fused-ring (bicyclic) bond motifs is 1. The maximum atomic E-state index is 12.4. The van der Waals surface area contributed by atoms with Crippen LogP contribution in [0.15, 0.2) is 24.3 Å². The lowest BCUT2D eigenvalue weighted by Crippen LogP contribution is -2.41. The maximum Gasteiger partial charge on any atom is 0.308 e. The number of anilines is 1. The highest BCUT2D eigenvalue weighted by Gasteiger charge is 2.37. The van der Waals surface area contributed by atoms with Gasteiger partial charge < -0.3 is 19.6 Å². The van der Waals surface area contributed by atoms with Gasteiger partial charge in [0.05, 0.1) is 11.6 Å². The number of hydrogen-bond donors (Lipinski definition) is 1. The van der Waals surface area contributed by atoms with Gasteiger partial charge in [-0.25, -0.2) is 0 Å². The number of rotatable bonds is 4. The Kier molecular flexibility index (Phi) is 4.42. The van der Waals surface area contributed by atoms with Crippen LogP contribution in [0.2, 0.25) is 0 Å². The molecule has 0 aliphatic carbocycles. The summed E-state index contributed by atoms with van der Waals surface area (Å²) in [6.45, 7) is 2.76. The zero-order chi connectivity index (χ0) is 17.3. The summed E-state index contributed by atoms with van der Waals surface area (Å²) < 4.78 is 5.38. The molecule has 128 valence electrons. The second-order valence-corrected chi connectivity index (χ2v) is 6.27. The van der Waals surface area contributed by atoms with Gasteiger partial charge in [-0.15, -0.1) is 0 Å². The van der Waals surface area contributed by atoms with Crippen molar-refractivity contribution in [3.8, 4) is 5.75 Å². The van der Waals surface area contributed by atoms with Crippen LogP contribution in [0.1, 0.15) is 13.3 Å². The Morgan fingerprint density at radius 3 is 2.75 bits per heavy atom. The SMILES string of the molecule is C[C@@H]1CN(C(=O)CCN2C(=O)COc3ccccc32)C[C@H]1C(=O)O. The van der Waals surface area contributed by atoms with Crippen molar-refractivity contribution in [2.75, 3.05) is 31.1 Å². The van der Waals surface area contributed by atoms with Crippen molar-refractivity contribution in [3.63, 3.8) is 0 Å². The van der Waals surface area contributed by atoms with Gasteiger partial charge in [-0.05, 0) is 18.1 Å². The minimum atomic E-state index is -0.866. The molecule has 24 heavy (non-hydrogen) atoms. The molecule has 7 nitrogen and oxygen atoms in total. The van der Waals surface area contributed by atoms with Crippen molar-refractivity contribution < 1.29 is 24.2 Å². The Hall–Kier alpha value is -2.57. The summed E-state index contributed by atoms with van der Waals surface area (Å²) >= 11 is 0. The van der Waals surface area contributed by atoms with E-state index in [2.05, 4.69) is 0 Å². The molecule has 2 amide bonds. The third-order valence-corrected chi connectivity index (χ3v) is 4.64. The van der Waals surface area contributed by atoms with Gasteiger partial charge in [0.25, 0.3) is 5.91 Å². The minimum absolute atomic E-state index is 0.0347. The number of likely N-dealkylation sites (tertiary alicyclic amines) is 1. The molecule has 0 bridgehead atoms. The molecule has 3 rings (SSSR count). The van der Waals surface area contributed by atoms with Crippen molar-refractivity contribution in [1.82, 2.24) is 4.90 Å². The van der Waals surface area contributed by atoms with E-state index >= 15 is 0 Å². The number of nitrogens with zero attached hydrogens (tertiary/aromatic N) is 2. The first-order valence-corrected chi connectivity index (χ1v) is 8.00. The number of carbonyl (C=O) groups is 3. The molecule has 2 heterocycles. The Balaban J connectivity index is 1.63. The lowest BCUT2D eigenvalue weighted by molar-refractivity contribution is -0.142. The Labute approximate surface area is 139 Å². The predicted octanol–water partition coefficient (Wildman–Crippen LogP) is 0.981. The number of benzene rings is 1. The molecule has 1 aromatic carbocycles. The van der Waals surface area contributed by atoms with Gasteiger partial charge in [0.1, 0.15) is 5.75 Å². The topological polar surface area (TPSA) is 87.2 Å². The molecule has 1 aromatic rings. The van der Waals surface area contributed by atoms with Gasteiger partial charge in [0, 0.05) is 26.1 Å². The average Bonchev–Trinajstić information content (AvgIpc) is 2.96. The number of aliphatic carboxylic acids is 1. The number of carboxylic acids is 1. The van der Waals surface area contributed by atoms with Gasteiger partial charge in [-0.1, -0.05) is 19.1 Å². The van der Waals surface area contributed by atoms with Crippen LogP contribution in [-0.4, -0.2) is 54.0 Å². The molecule has 2 aliphatic heterocycles. The molecule has 1 saturated heterocycles. The number of ether oxygens (including phenoxy) is 1. The summed E-state index contributed by atoms with van der Waals surface area (Å²) in [7, 11) is 0. The summed E-state index contributed by atoms with van der Waals surface area (Å²) in [5, 5.41) is 9.16. The number of carbonyl (C=O) groups excluding carboxylic acids is 2. The summed E-state index contributed by atoms with van der Waals surface area (Å²) in [5.74, 6) is -1.11. The fraction of sp³-hybridized carbons (Fsp3) is 0.471. The molecular formula is C17H20N2O5. The van der Waals surface area contributed by atoms with E-state index in [4.69, 9.17) is 9.84 Å². The van der Waals surface area contributed by atoms with E-state index in [0.29, 0.717) is 18.0 Å². The Morgan fingerprint density at radius 2 is 2.04 bits per heavy atom. The first-order chi connectivity index (χ1) is 11.5. The molecule has 1 fully saturated rings. The van der Waals surface area contributed by atoms with E-state index in [1.807, 2.05) is 19.1 Å². The van der Waals surface area contributed by atoms with Crippen LogP contribution in [0.4, 0.5) is 5.69 Å². The smallest absolute Gasteiger partial charge is 0.308 e. The van der Waals surface area contributed by atoms with Crippen LogP contribution in [0.25, 0.3) is 0 Å². The van der Waals surface area contributed by atoms with Gasteiger partial charge in [-0.2, -0.15) is 0 Å². The molecule has 0 radical (unpaired) electrons. The van der Waals surface area contributed by atoms with E-state index < -0.39 is 11.9 Å². The van der Waals surface area contributed by atoms with Crippen LogP contribution in [0, 0.1) is 11.8 Å². The van der Waals surface area contributed by atoms with Crippen LogP contribution in [-0.2, 0) is 14.4 Å². The third kappa shape index (κ3) is 3.06. The van der Waals surface area contributed by atoms with Crippen molar-refractivity contribution in [2.24, 2.45) is 11.8 Å². The molecular weight excluding hydrogens is 312 g/mol. The van der Waals surface area contributed by atoms with Gasteiger partial charge in [0.2, 0.25) is 5.91 Å². The minimum Gasteiger partial charge on any atom is -0.482 e. The summed E-state index contributed by atoms with van der Waals surface area (Å²) in [5.41, 5.74) is 0.666. The van der Waals surface area contributed by atoms with E-state index in [1.54, 1.807) is 21.9 Å². The van der Waals surface area contributed by atoms with Gasteiger partial charge >= 0.3 is 5.97 Å². The lowest BCUT2D eigenvalue weighted by atomic mass is 9.99. The van der Waals surface area contributed by atoms with Crippen molar-refractivity contribution in [1.29, 1.82) is 0 Å². The Morgan fingerprint density at radius 1 is 1.29 bits per heavy atom. The van der Waals surface area contributed by atoms with Crippen molar-refractivity contribution in [2.45, 2.75) is 13.3 Å². The maximum absolute atomic E-state index is 12.4. The molecule has 0 aromatic heterocycles. The largest absolute Gasteiger partial charge is 0.482 e. The zero-order valence-corrected chi connectivity index (χ0v) is 13.5. The first kappa shape index (κ1) is 16.3. The van der Waals surface area contributed by atoms with Gasteiger partial charge in [-0.3, -0.25) is 14.4 Å². The Bertz CT molecular complexity index is 675. The van der Waals surface area contributed by atoms with E-state index in [-0.39, 0.29) is 43.8 Å². The lowest BCUT2D eigenvalue weighted by Gasteiger charge is -2.29. The first-order valence-electron chi connectivity index (χ1n) is 8.00. The second kappa shape index (κ2) is 6.51. The average molecular weight is 332 g/mol. The van der Waals surface area contributed by atoms with E-state index in [9.17, 15) is 14.4 Å². The highest BCUT2D eigenvalue weighted by Crippen LogP contribution is 2.31. The number of para-hydroxylation sites is 2. The highest BCUT2D eigenvalue weighted by molar-refractivity contribution is 5.98. The van der Waals surface area contributed by atoms with E-state index in [0.717, 1.165) is 0 Å². The number of amides is 2. The zero-order valence-electron chi connectivity index (χ0n) is 13.5. The summed E-state index contributed by atoms with van der Waals surface area (Å²) in [6.07, 6.45) is 0.166. The molecule has 0 saturated carbocycles. The number of hydrogen-bond acceptors (Lipinski definition) is 4. The molecule has 2 atom stereocenters. The van der Waals surface area contributed by atoms with E-state index in [1.165, 1.54) is 0 Å². The molecule has 7 heteroatoms.